The summed E-state index contributed by atoms with van der Waals surface area (Å²) in [7, 11) is 0. The van der Waals surface area contributed by atoms with Crippen LogP contribution in [-0.2, 0) is 9.53 Å². The SMILES string of the molecule is CCOC(=O)C[C@@]12CC[C@H]([C@H](C)CCCC(C)C)[C@@]1(C)CCC1=C2CC[C@H]2C(C)(C)[C@@H](O)CC[C@]12C. The first kappa shape index (κ1) is 28.2. The Kier molecular flexibility index (Phi) is 7.87. The van der Waals surface area contributed by atoms with Gasteiger partial charge in [0.25, 0.3) is 0 Å². The summed E-state index contributed by atoms with van der Waals surface area (Å²) in [6, 6.07) is 0. The summed E-state index contributed by atoms with van der Waals surface area (Å²) in [5, 5.41) is 10.9. The fourth-order valence-corrected chi connectivity index (χ4v) is 10.3. The monoisotopic (exact) mass is 500 g/mol. The minimum Gasteiger partial charge on any atom is -0.466 e. The Morgan fingerprint density at radius 3 is 2.36 bits per heavy atom. The molecule has 206 valence electrons. The van der Waals surface area contributed by atoms with Crippen LogP contribution in [0.1, 0.15) is 132 Å². The number of allylic oxidation sites excluding steroid dienone is 2. The Morgan fingerprint density at radius 1 is 0.972 bits per heavy atom. The molecule has 1 N–H and O–H groups in total. The van der Waals surface area contributed by atoms with Gasteiger partial charge in [-0.2, -0.15) is 0 Å². The van der Waals surface area contributed by atoms with Crippen LogP contribution in [0.5, 0.6) is 0 Å². The van der Waals surface area contributed by atoms with Crippen molar-refractivity contribution in [2.45, 2.75) is 139 Å². The molecule has 0 unspecified atom stereocenters. The van der Waals surface area contributed by atoms with Gasteiger partial charge in [-0.15, -0.1) is 0 Å². The summed E-state index contributed by atoms with van der Waals surface area (Å²) in [6.45, 7) is 19.3. The number of aliphatic hydroxyl groups excluding tert-OH is 1. The molecule has 0 saturated heterocycles. The molecule has 0 aromatic rings. The van der Waals surface area contributed by atoms with E-state index in [9.17, 15) is 9.90 Å². The largest absolute Gasteiger partial charge is 0.466 e. The second kappa shape index (κ2) is 10.0. The van der Waals surface area contributed by atoms with E-state index in [0.29, 0.717) is 30.8 Å². The first-order valence-corrected chi connectivity index (χ1v) is 15.4. The lowest BCUT2D eigenvalue weighted by molar-refractivity contribution is -0.148. The van der Waals surface area contributed by atoms with E-state index in [1.165, 1.54) is 38.5 Å². The van der Waals surface area contributed by atoms with Gasteiger partial charge in [0.15, 0.2) is 0 Å². The minimum atomic E-state index is -0.206. The summed E-state index contributed by atoms with van der Waals surface area (Å²) >= 11 is 0. The van der Waals surface area contributed by atoms with E-state index in [-0.39, 0.29) is 33.7 Å². The molecule has 4 aliphatic carbocycles. The van der Waals surface area contributed by atoms with Crippen molar-refractivity contribution in [3.05, 3.63) is 11.1 Å². The molecule has 4 aliphatic rings. The quantitative estimate of drug-likeness (QED) is 0.268. The summed E-state index contributed by atoms with van der Waals surface area (Å²) in [5.74, 6) is 2.69. The van der Waals surface area contributed by atoms with Crippen LogP contribution in [0.4, 0.5) is 0 Å². The molecule has 0 aromatic carbocycles. The zero-order valence-corrected chi connectivity index (χ0v) is 24.8. The summed E-state index contributed by atoms with van der Waals surface area (Å²) < 4.78 is 5.64. The van der Waals surface area contributed by atoms with Crippen LogP contribution < -0.4 is 0 Å². The van der Waals surface area contributed by atoms with Crippen LogP contribution in [0.3, 0.4) is 0 Å². The first-order chi connectivity index (χ1) is 16.8. The van der Waals surface area contributed by atoms with E-state index < -0.39 is 0 Å². The van der Waals surface area contributed by atoms with Crippen molar-refractivity contribution in [3.63, 3.8) is 0 Å². The van der Waals surface area contributed by atoms with Gasteiger partial charge in [0.1, 0.15) is 0 Å². The number of carbonyl (C=O) groups excluding carboxylic acids is 1. The smallest absolute Gasteiger partial charge is 0.306 e. The predicted octanol–water partition coefficient (Wildman–Crippen LogP) is 8.49. The van der Waals surface area contributed by atoms with Gasteiger partial charge in [-0.05, 0) is 98.2 Å². The second-order valence-electron chi connectivity index (χ2n) is 14.8. The van der Waals surface area contributed by atoms with Crippen molar-refractivity contribution in [2.75, 3.05) is 6.61 Å². The predicted molar refractivity (Wildman–Crippen MR) is 148 cm³/mol. The zero-order chi connectivity index (χ0) is 26.5. The average molecular weight is 501 g/mol. The summed E-state index contributed by atoms with van der Waals surface area (Å²) in [5.41, 5.74) is 3.57. The number of fused-ring (bicyclic) bond motifs is 4. The number of carbonyl (C=O) groups is 1. The Bertz CT molecular complexity index is 855. The van der Waals surface area contributed by atoms with E-state index in [4.69, 9.17) is 4.74 Å². The molecule has 0 bridgehead atoms. The maximum Gasteiger partial charge on any atom is 0.306 e. The van der Waals surface area contributed by atoms with Gasteiger partial charge >= 0.3 is 5.97 Å². The zero-order valence-electron chi connectivity index (χ0n) is 24.8. The van der Waals surface area contributed by atoms with Gasteiger partial charge in [-0.25, -0.2) is 0 Å². The third-order valence-electron chi connectivity index (χ3n) is 12.3. The molecular formula is C33H56O3. The number of aliphatic hydroxyl groups is 1. The number of ether oxygens (including phenoxy) is 1. The number of hydrogen-bond donors (Lipinski definition) is 1. The van der Waals surface area contributed by atoms with Crippen LogP contribution in [0, 0.1) is 45.3 Å². The molecule has 2 fully saturated rings. The fourth-order valence-electron chi connectivity index (χ4n) is 10.3. The molecule has 0 heterocycles. The molecule has 0 aliphatic heterocycles. The van der Waals surface area contributed by atoms with E-state index in [1.54, 1.807) is 11.1 Å². The number of rotatable bonds is 8. The highest BCUT2D eigenvalue weighted by molar-refractivity contribution is 5.72. The summed E-state index contributed by atoms with van der Waals surface area (Å²) in [4.78, 5) is 13.2. The second-order valence-corrected chi connectivity index (χ2v) is 14.8. The standard InChI is InChI=1S/C33H56O3/c1-9-36-29(35)21-33-20-16-24(23(4)12-10-11-22(2)3)32(33,8)19-15-25-26(33)13-14-27-30(5,6)28(34)17-18-31(25,27)7/h22-24,27-28,34H,9-21H2,1-8H3/t23-,24-,27+,28+,31-,32-,33-/m1/s1. The van der Waals surface area contributed by atoms with Crippen molar-refractivity contribution in [2.24, 2.45) is 45.3 Å². The van der Waals surface area contributed by atoms with Crippen molar-refractivity contribution in [3.8, 4) is 0 Å². The lowest BCUT2D eigenvalue weighted by atomic mass is 9.42. The number of hydrogen-bond acceptors (Lipinski definition) is 3. The molecule has 36 heavy (non-hydrogen) atoms. The van der Waals surface area contributed by atoms with E-state index in [0.717, 1.165) is 38.0 Å². The Labute approximate surface area is 222 Å². The molecule has 3 nitrogen and oxygen atoms in total. The van der Waals surface area contributed by atoms with Gasteiger partial charge < -0.3 is 9.84 Å². The normalized spacial score (nSPS) is 40.4. The van der Waals surface area contributed by atoms with E-state index in [1.807, 2.05) is 6.92 Å². The van der Waals surface area contributed by atoms with Crippen molar-refractivity contribution >= 4 is 5.97 Å². The molecule has 0 radical (unpaired) electrons. The lowest BCUT2D eigenvalue weighted by Crippen LogP contribution is -2.55. The highest BCUT2D eigenvalue weighted by Gasteiger charge is 2.65. The number of esters is 1. The average Bonchev–Trinajstić information content (AvgIpc) is 3.09. The van der Waals surface area contributed by atoms with E-state index in [2.05, 4.69) is 48.5 Å². The third kappa shape index (κ3) is 4.32. The van der Waals surface area contributed by atoms with E-state index >= 15 is 0 Å². The molecule has 2 saturated carbocycles. The fraction of sp³-hybridized carbons (Fsp3) is 0.909. The van der Waals surface area contributed by atoms with Crippen LogP contribution in [0.15, 0.2) is 11.1 Å². The van der Waals surface area contributed by atoms with Gasteiger partial charge in [0.2, 0.25) is 0 Å². The maximum absolute atomic E-state index is 13.2. The Hall–Kier alpha value is -0.830. The third-order valence-corrected chi connectivity index (χ3v) is 12.3. The van der Waals surface area contributed by atoms with Crippen molar-refractivity contribution in [1.29, 1.82) is 0 Å². The molecule has 3 heteroatoms. The molecule has 7 atom stereocenters. The first-order valence-electron chi connectivity index (χ1n) is 15.4. The van der Waals surface area contributed by atoms with Gasteiger partial charge in [-0.1, -0.05) is 78.9 Å². The molecular weight excluding hydrogens is 444 g/mol. The maximum atomic E-state index is 13.2. The van der Waals surface area contributed by atoms with Crippen LogP contribution in [0.25, 0.3) is 0 Å². The topological polar surface area (TPSA) is 46.5 Å². The van der Waals surface area contributed by atoms with Gasteiger partial charge in [-0.3, -0.25) is 4.79 Å². The van der Waals surface area contributed by atoms with Gasteiger partial charge in [0, 0.05) is 5.41 Å². The molecule has 0 spiro atoms. The lowest BCUT2D eigenvalue weighted by Gasteiger charge is -2.62. The Morgan fingerprint density at radius 2 is 1.69 bits per heavy atom. The van der Waals surface area contributed by atoms with Crippen LogP contribution in [0.2, 0.25) is 0 Å². The van der Waals surface area contributed by atoms with Crippen LogP contribution >= 0.6 is 0 Å². The summed E-state index contributed by atoms with van der Waals surface area (Å²) in [6.07, 6.45) is 13.3. The van der Waals surface area contributed by atoms with Crippen LogP contribution in [-0.4, -0.2) is 23.8 Å². The van der Waals surface area contributed by atoms with Gasteiger partial charge in [0.05, 0.1) is 19.1 Å². The highest BCUT2D eigenvalue weighted by Crippen LogP contribution is 2.73. The molecule has 0 aromatic heterocycles. The Balaban J connectivity index is 1.74. The molecule has 0 amide bonds. The van der Waals surface area contributed by atoms with Crippen molar-refractivity contribution < 1.29 is 14.6 Å². The minimum absolute atomic E-state index is 0.0114. The van der Waals surface area contributed by atoms with Crippen molar-refractivity contribution in [1.82, 2.24) is 0 Å². The molecule has 4 rings (SSSR count). The highest BCUT2D eigenvalue weighted by atomic mass is 16.5.